The minimum Gasteiger partial charge on any atom is -0.445 e. The average molecular weight is 631 g/mol. The van der Waals surface area contributed by atoms with Crippen LogP contribution in [0, 0.1) is 12.8 Å². The number of ether oxygens (including phenoxy) is 2. The SMILES string of the molecule is Cc1cn(CC(CC(=O)OC(=O)C(F)(F)F)NC(=O)OCc2ccccc2)c(=O)nc1NCC1CCN(c2ccccn2)CC1. The summed E-state index contributed by atoms with van der Waals surface area (Å²) in [6, 6.07) is 13.2. The van der Waals surface area contributed by atoms with Gasteiger partial charge in [-0.3, -0.25) is 9.36 Å². The number of aryl methyl sites for hydroxylation is 1. The molecule has 2 aromatic heterocycles. The third kappa shape index (κ3) is 10.0. The van der Waals surface area contributed by atoms with Crippen LogP contribution in [0.5, 0.6) is 0 Å². The Morgan fingerprint density at radius 1 is 1.07 bits per heavy atom. The van der Waals surface area contributed by atoms with Crippen LogP contribution >= 0.6 is 0 Å². The van der Waals surface area contributed by atoms with E-state index in [1.165, 1.54) is 6.20 Å². The van der Waals surface area contributed by atoms with Gasteiger partial charge >= 0.3 is 29.9 Å². The summed E-state index contributed by atoms with van der Waals surface area (Å²) >= 11 is 0. The first-order chi connectivity index (χ1) is 21.5. The van der Waals surface area contributed by atoms with Gasteiger partial charge in [0.2, 0.25) is 0 Å². The van der Waals surface area contributed by atoms with Crippen molar-refractivity contribution in [1.82, 2.24) is 19.9 Å². The number of nitrogens with zero attached hydrogens (tertiary/aromatic N) is 4. The molecule has 0 spiro atoms. The van der Waals surface area contributed by atoms with Gasteiger partial charge in [0.15, 0.2) is 0 Å². The van der Waals surface area contributed by atoms with Crippen LogP contribution in [0.2, 0.25) is 0 Å². The number of nitrogens with one attached hydrogen (secondary N) is 2. The molecule has 12 nitrogen and oxygen atoms in total. The van der Waals surface area contributed by atoms with Crippen molar-refractivity contribution in [2.24, 2.45) is 5.92 Å². The molecule has 1 amide bonds. The number of pyridine rings is 1. The Balaban J connectivity index is 1.37. The molecule has 15 heteroatoms. The lowest BCUT2D eigenvalue weighted by atomic mass is 9.96. The van der Waals surface area contributed by atoms with Gasteiger partial charge in [-0.1, -0.05) is 36.4 Å². The van der Waals surface area contributed by atoms with Gasteiger partial charge in [-0.2, -0.15) is 18.2 Å². The lowest BCUT2D eigenvalue weighted by molar-refractivity contribution is -0.202. The highest BCUT2D eigenvalue weighted by Crippen LogP contribution is 2.22. The first-order valence-corrected chi connectivity index (χ1v) is 14.2. The highest BCUT2D eigenvalue weighted by Gasteiger charge is 2.42. The number of hydrogen-bond donors (Lipinski definition) is 2. The lowest BCUT2D eigenvalue weighted by Crippen LogP contribution is -2.43. The summed E-state index contributed by atoms with van der Waals surface area (Å²) in [5.74, 6) is -2.59. The zero-order valence-electron chi connectivity index (χ0n) is 24.5. The van der Waals surface area contributed by atoms with Gasteiger partial charge in [-0.05, 0) is 43.4 Å². The number of benzene rings is 1. The number of halogens is 3. The van der Waals surface area contributed by atoms with Crippen molar-refractivity contribution < 1.29 is 37.0 Å². The van der Waals surface area contributed by atoms with Crippen LogP contribution in [-0.4, -0.2) is 64.4 Å². The number of alkyl carbamates (subject to hydrolysis) is 1. The van der Waals surface area contributed by atoms with Gasteiger partial charge in [0.05, 0.1) is 12.5 Å². The van der Waals surface area contributed by atoms with Gasteiger partial charge in [-0.25, -0.2) is 19.4 Å². The summed E-state index contributed by atoms with van der Waals surface area (Å²) in [7, 11) is 0. The number of rotatable bonds is 11. The maximum Gasteiger partial charge on any atom is 0.491 e. The molecule has 0 radical (unpaired) electrons. The van der Waals surface area contributed by atoms with Crippen molar-refractivity contribution in [3.8, 4) is 0 Å². The third-order valence-corrected chi connectivity index (χ3v) is 7.13. The Hall–Kier alpha value is -4.95. The molecule has 0 aliphatic carbocycles. The zero-order valence-corrected chi connectivity index (χ0v) is 24.5. The van der Waals surface area contributed by atoms with Crippen LogP contribution in [0.3, 0.4) is 0 Å². The number of aromatic nitrogens is 3. The second-order valence-electron chi connectivity index (χ2n) is 10.6. The van der Waals surface area contributed by atoms with Crippen molar-refractivity contribution in [2.45, 2.75) is 51.6 Å². The van der Waals surface area contributed by atoms with Crippen LogP contribution in [0.4, 0.5) is 29.6 Å². The summed E-state index contributed by atoms with van der Waals surface area (Å²) in [4.78, 5) is 59.4. The molecule has 1 aliphatic rings. The second-order valence-corrected chi connectivity index (χ2v) is 10.6. The fraction of sp³-hybridized carbons (Fsp3) is 0.400. The van der Waals surface area contributed by atoms with Crippen LogP contribution < -0.4 is 21.2 Å². The van der Waals surface area contributed by atoms with E-state index in [4.69, 9.17) is 4.74 Å². The first kappa shape index (κ1) is 33.0. The molecule has 0 bridgehead atoms. The Morgan fingerprint density at radius 3 is 2.44 bits per heavy atom. The zero-order chi connectivity index (χ0) is 32.4. The normalized spacial score (nSPS) is 14.4. The molecular weight excluding hydrogens is 597 g/mol. The Bertz CT molecular complexity index is 1510. The number of alkyl halides is 3. The molecule has 1 atom stereocenters. The van der Waals surface area contributed by atoms with E-state index in [9.17, 15) is 32.3 Å². The predicted molar refractivity (Wildman–Crippen MR) is 156 cm³/mol. The summed E-state index contributed by atoms with van der Waals surface area (Å²) < 4.78 is 47.9. The quantitative estimate of drug-likeness (QED) is 0.238. The molecule has 1 fully saturated rings. The molecule has 45 heavy (non-hydrogen) atoms. The second kappa shape index (κ2) is 15.2. The first-order valence-electron chi connectivity index (χ1n) is 14.2. The maximum absolute atomic E-state index is 12.9. The molecule has 1 aromatic carbocycles. The van der Waals surface area contributed by atoms with Gasteiger partial charge in [0, 0.05) is 44.1 Å². The highest BCUT2D eigenvalue weighted by atomic mass is 19.4. The van der Waals surface area contributed by atoms with Gasteiger partial charge in [0.1, 0.15) is 18.2 Å². The number of anilines is 2. The molecule has 240 valence electrons. The number of hydrogen-bond acceptors (Lipinski definition) is 10. The van der Waals surface area contributed by atoms with Crippen LogP contribution in [0.1, 0.15) is 30.4 Å². The molecule has 3 aromatic rings. The topological polar surface area (TPSA) is 145 Å². The van der Waals surface area contributed by atoms with Crippen molar-refractivity contribution in [2.75, 3.05) is 29.9 Å². The largest absolute Gasteiger partial charge is 0.491 e. The molecule has 1 unspecified atom stereocenters. The van der Waals surface area contributed by atoms with Crippen LogP contribution in [0.15, 0.2) is 65.7 Å². The molecular formula is C30H33F3N6O6. The summed E-state index contributed by atoms with van der Waals surface area (Å²) in [5, 5.41) is 5.58. The number of esters is 2. The molecule has 0 saturated carbocycles. The van der Waals surface area contributed by atoms with Crippen molar-refractivity contribution in [1.29, 1.82) is 0 Å². The average Bonchev–Trinajstić information content (AvgIpc) is 3.01. The molecule has 1 saturated heterocycles. The van der Waals surface area contributed by atoms with E-state index < -0.39 is 42.4 Å². The van der Waals surface area contributed by atoms with Crippen LogP contribution in [0.25, 0.3) is 0 Å². The number of amides is 1. The van der Waals surface area contributed by atoms with Crippen molar-refractivity contribution >= 4 is 29.7 Å². The third-order valence-electron chi connectivity index (χ3n) is 7.13. The van der Waals surface area contributed by atoms with E-state index >= 15 is 0 Å². The van der Waals surface area contributed by atoms with Crippen molar-refractivity contribution in [3.63, 3.8) is 0 Å². The van der Waals surface area contributed by atoms with E-state index in [-0.39, 0.29) is 13.2 Å². The Labute approximate surface area is 256 Å². The van der Waals surface area contributed by atoms with Crippen molar-refractivity contribution in [3.05, 3.63) is 82.5 Å². The van der Waals surface area contributed by atoms with E-state index in [0.717, 1.165) is 36.3 Å². The molecule has 4 rings (SSSR count). The number of carbonyl (C=O) groups excluding carboxylic acids is 3. The fourth-order valence-electron chi connectivity index (χ4n) is 4.79. The maximum atomic E-state index is 12.9. The fourth-order valence-corrected chi connectivity index (χ4v) is 4.79. The molecule has 3 heterocycles. The Morgan fingerprint density at radius 2 is 1.78 bits per heavy atom. The minimum atomic E-state index is -5.38. The number of carbonyl (C=O) groups is 3. The van der Waals surface area contributed by atoms with Gasteiger partial charge < -0.3 is 25.0 Å². The predicted octanol–water partition coefficient (Wildman–Crippen LogP) is 3.59. The molecule has 2 N–H and O–H groups in total. The minimum absolute atomic E-state index is 0.125. The Kier molecular flexibility index (Phi) is 11.1. The summed E-state index contributed by atoms with van der Waals surface area (Å²) in [6.07, 6.45) is -2.19. The molecule has 1 aliphatic heterocycles. The summed E-state index contributed by atoms with van der Waals surface area (Å²) in [6.45, 7) is 3.49. The monoisotopic (exact) mass is 630 g/mol. The van der Waals surface area contributed by atoms with Gasteiger partial charge in [-0.15, -0.1) is 0 Å². The smallest absolute Gasteiger partial charge is 0.445 e. The van der Waals surface area contributed by atoms with E-state index in [0.29, 0.717) is 29.4 Å². The number of piperidine rings is 1. The van der Waals surface area contributed by atoms with Gasteiger partial charge in [0.25, 0.3) is 0 Å². The van der Waals surface area contributed by atoms with Crippen LogP contribution in [-0.2, 0) is 32.2 Å². The van der Waals surface area contributed by atoms with E-state index in [1.54, 1.807) is 43.5 Å². The summed E-state index contributed by atoms with van der Waals surface area (Å²) in [5.41, 5.74) is 0.523. The standard InChI is InChI=1S/C30H33F3N6O6/c1-20-17-39(28(42)37-26(20)35-16-21-10-13-38(14-11-21)24-9-5-6-12-34-24)18-23(15-25(40)45-27(41)30(31,32)33)36-29(43)44-19-22-7-3-2-4-8-22/h2-9,12,17,21,23H,10-11,13-16,18-19H2,1H3,(H,36,43)(H,35,37,42). The highest BCUT2D eigenvalue weighted by molar-refractivity contribution is 5.88. The van der Waals surface area contributed by atoms with E-state index in [2.05, 4.69) is 30.2 Å². The lowest BCUT2D eigenvalue weighted by Gasteiger charge is -2.33. The van der Waals surface area contributed by atoms with E-state index in [1.807, 2.05) is 18.2 Å².